The quantitative estimate of drug-likeness (QED) is 0.868. The fourth-order valence-electron chi connectivity index (χ4n) is 2.58. The zero-order valence-electron chi connectivity index (χ0n) is 12.8. The molecule has 8 heteroatoms. The Morgan fingerprint density at radius 3 is 2.83 bits per heavy atom. The summed E-state index contributed by atoms with van der Waals surface area (Å²) in [7, 11) is 0. The highest BCUT2D eigenvalue weighted by atomic mass is 32.2. The van der Waals surface area contributed by atoms with Gasteiger partial charge in [0.2, 0.25) is 0 Å². The van der Waals surface area contributed by atoms with Gasteiger partial charge in [0.05, 0.1) is 5.56 Å². The van der Waals surface area contributed by atoms with Crippen molar-refractivity contribution in [2.75, 3.05) is 0 Å². The predicted octanol–water partition coefficient (Wildman–Crippen LogP) is 3.02. The van der Waals surface area contributed by atoms with E-state index in [0.717, 1.165) is 38.8 Å². The van der Waals surface area contributed by atoms with E-state index in [2.05, 4.69) is 24.0 Å². The molecular weight excluding hydrogens is 330 g/mol. The zero-order valence-corrected chi connectivity index (χ0v) is 14.4. The first-order valence-electron chi connectivity index (χ1n) is 7.54. The van der Waals surface area contributed by atoms with Gasteiger partial charge in [0.1, 0.15) is 15.8 Å². The minimum absolute atomic E-state index is 0.244. The monoisotopic (exact) mass is 346 g/mol. The molecule has 0 fully saturated rings. The van der Waals surface area contributed by atoms with Crippen molar-refractivity contribution >= 4 is 38.4 Å². The number of hydrazone groups is 1. The second-order valence-electron chi connectivity index (χ2n) is 5.20. The third-order valence-corrected chi connectivity index (χ3v) is 5.86. The minimum atomic E-state index is -0.299. The number of hydrogen-bond acceptors (Lipinski definition) is 7. The molecule has 1 aromatic heterocycles. The van der Waals surface area contributed by atoms with Crippen LogP contribution in [0.15, 0.2) is 34.4 Å². The molecule has 0 bridgehead atoms. The second kappa shape index (κ2) is 5.61. The number of amidine groups is 1. The lowest BCUT2D eigenvalue weighted by molar-refractivity contribution is -0.770. The first-order chi connectivity index (χ1) is 11.2. The number of rotatable bonds is 3. The van der Waals surface area contributed by atoms with Crippen LogP contribution in [0.25, 0.3) is 0 Å². The molecule has 0 spiro atoms. The van der Waals surface area contributed by atoms with E-state index >= 15 is 0 Å². The van der Waals surface area contributed by atoms with Crippen LogP contribution < -0.4 is 4.68 Å². The lowest BCUT2D eigenvalue weighted by Gasteiger charge is -2.23. The van der Waals surface area contributed by atoms with Gasteiger partial charge < -0.3 is 5.11 Å². The molecular formula is C15H16N5OS2+. The van der Waals surface area contributed by atoms with Crippen molar-refractivity contribution in [1.82, 2.24) is 10.1 Å². The number of aliphatic imine (C=N–C) groups is 1. The van der Waals surface area contributed by atoms with Crippen LogP contribution in [-0.2, 0) is 6.42 Å². The molecule has 0 saturated carbocycles. The number of thioether (sulfide) groups is 1. The maximum absolute atomic E-state index is 10.3. The van der Waals surface area contributed by atoms with Gasteiger partial charge in [-0.3, -0.25) is 0 Å². The largest absolute Gasteiger partial charge is 0.507 e. The molecule has 0 saturated heterocycles. The third kappa shape index (κ3) is 2.33. The van der Waals surface area contributed by atoms with Gasteiger partial charge in [-0.2, -0.15) is 10.1 Å². The normalized spacial score (nSPS) is 19.2. The van der Waals surface area contributed by atoms with Crippen LogP contribution in [0.1, 0.15) is 37.0 Å². The maximum Gasteiger partial charge on any atom is 0.409 e. The van der Waals surface area contributed by atoms with E-state index < -0.39 is 0 Å². The standard InChI is InChI=1S/C15H15N5OS2/c1-3-11-17-19-13(9-7-5-6-8-10(9)21)20-15(16-14(19)22-11)23-12(4-2)18-20/h5-8,13H,3-4H2,1-2H3/p+1. The average molecular weight is 346 g/mol. The number of phenols is 1. The molecule has 1 N–H and O–H groups in total. The Bertz CT molecular complexity index is 829. The number of aromatic hydroxyl groups is 1. The van der Waals surface area contributed by atoms with E-state index in [0.29, 0.717) is 0 Å². The number of benzene rings is 1. The Kier molecular flexibility index (Phi) is 3.57. The van der Waals surface area contributed by atoms with Gasteiger partial charge in [-0.25, -0.2) is 0 Å². The molecule has 1 atom stereocenters. The molecule has 3 heterocycles. The van der Waals surface area contributed by atoms with Crippen molar-refractivity contribution in [2.24, 2.45) is 10.1 Å². The van der Waals surface area contributed by atoms with E-state index in [-0.39, 0.29) is 11.9 Å². The lowest BCUT2D eigenvalue weighted by Crippen LogP contribution is -2.52. The molecule has 0 radical (unpaired) electrons. The molecule has 118 valence electrons. The van der Waals surface area contributed by atoms with Crippen molar-refractivity contribution in [3.05, 3.63) is 34.8 Å². The summed E-state index contributed by atoms with van der Waals surface area (Å²) in [4.78, 5) is 4.71. The summed E-state index contributed by atoms with van der Waals surface area (Å²) < 4.78 is 1.87. The predicted molar refractivity (Wildman–Crippen MR) is 92.2 cm³/mol. The first-order valence-corrected chi connectivity index (χ1v) is 9.17. The molecule has 0 aliphatic carbocycles. The zero-order chi connectivity index (χ0) is 16.0. The molecule has 4 rings (SSSR count). The lowest BCUT2D eigenvalue weighted by atomic mass is 10.1. The minimum Gasteiger partial charge on any atom is -0.507 e. The first kappa shape index (κ1) is 14.6. The number of fused-ring (bicyclic) bond motifs is 2. The highest BCUT2D eigenvalue weighted by Crippen LogP contribution is 2.39. The summed E-state index contributed by atoms with van der Waals surface area (Å²) in [5.41, 5.74) is 0.779. The molecule has 1 unspecified atom stereocenters. The average Bonchev–Trinajstić information content (AvgIpc) is 3.16. The number of phenolic OH excluding ortho intramolecular Hbond substituents is 1. The van der Waals surface area contributed by atoms with Gasteiger partial charge in [0, 0.05) is 11.4 Å². The van der Waals surface area contributed by atoms with Crippen molar-refractivity contribution in [3.8, 4) is 5.75 Å². The molecule has 0 amide bonds. The summed E-state index contributed by atoms with van der Waals surface area (Å²) >= 11 is 3.18. The second-order valence-corrected chi connectivity index (χ2v) is 7.28. The third-order valence-electron chi connectivity index (χ3n) is 3.72. The number of aromatic nitrogens is 2. The van der Waals surface area contributed by atoms with Gasteiger partial charge in [0.15, 0.2) is 0 Å². The summed E-state index contributed by atoms with van der Waals surface area (Å²) in [6, 6.07) is 7.35. The molecule has 1 aromatic carbocycles. The van der Waals surface area contributed by atoms with Crippen LogP contribution in [-0.4, -0.2) is 25.4 Å². The van der Waals surface area contributed by atoms with E-state index in [4.69, 9.17) is 4.99 Å². The Morgan fingerprint density at radius 2 is 2.09 bits per heavy atom. The number of aryl methyl sites for hydroxylation is 1. The summed E-state index contributed by atoms with van der Waals surface area (Å²) in [5, 5.41) is 25.3. The van der Waals surface area contributed by atoms with E-state index in [1.807, 2.05) is 27.9 Å². The molecule has 23 heavy (non-hydrogen) atoms. The van der Waals surface area contributed by atoms with Crippen LogP contribution in [0.2, 0.25) is 0 Å². The number of nitrogens with zero attached hydrogens (tertiary/aromatic N) is 5. The SMILES string of the molecule is CCC1=NN2C(=Nc3sc(CC)n[n+]3C2c2ccccc2O)S1. The molecule has 2 aromatic rings. The highest BCUT2D eigenvalue weighted by Gasteiger charge is 2.45. The van der Waals surface area contributed by atoms with Crippen LogP contribution in [0.5, 0.6) is 5.75 Å². The van der Waals surface area contributed by atoms with Crippen LogP contribution in [0.3, 0.4) is 0 Å². The van der Waals surface area contributed by atoms with Gasteiger partial charge in [-0.15, -0.1) is 0 Å². The summed E-state index contributed by atoms with van der Waals surface area (Å²) in [5.74, 6) is 0.244. The molecule has 2 aliphatic rings. The summed E-state index contributed by atoms with van der Waals surface area (Å²) in [6.45, 7) is 4.16. The van der Waals surface area contributed by atoms with E-state index in [1.54, 1.807) is 29.2 Å². The van der Waals surface area contributed by atoms with E-state index in [9.17, 15) is 5.11 Å². The topological polar surface area (TPSA) is 65.0 Å². The van der Waals surface area contributed by atoms with Gasteiger partial charge in [0.25, 0.3) is 6.17 Å². The van der Waals surface area contributed by atoms with Crippen molar-refractivity contribution < 1.29 is 9.79 Å². The van der Waals surface area contributed by atoms with Gasteiger partial charge >= 0.3 is 10.3 Å². The Hall–Kier alpha value is -1.93. The number of para-hydroxylation sites is 1. The fourth-order valence-corrected chi connectivity index (χ4v) is 4.34. The Morgan fingerprint density at radius 1 is 1.26 bits per heavy atom. The van der Waals surface area contributed by atoms with Crippen LogP contribution >= 0.6 is 23.1 Å². The van der Waals surface area contributed by atoms with Crippen LogP contribution in [0, 0.1) is 0 Å². The van der Waals surface area contributed by atoms with Crippen LogP contribution in [0.4, 0.5) is 5.13 Å². The van der Waals surface area contributed by atoms with Crippen molar-refractivity contribution in [3.63, 3.8) is 0 Å². The van der Waals surface area contributed by atoms with Gasteiger partial charge in [-0.05, 0) is 41.7 Å². The highest BCUT2D eigenvalue weighted by molar-refractivity contribution is 8.26. The van der Waals surface area contributed by atoms with Crippen molar-refractivity contribution in [2.45, 2.75) is 32.9 Å². The number of hydrogen-bond donors (Lipinski definition) is 1. The van der Waals surface area contributed by atoms with E-state index in [1.165, 1.54) is 0 Å². The summed E-state index contributed by atoms with van der Waals surface area (Å²) in [6.07, 6.45) is 1.42. The Balaban J connectivity index is 1.90. The molecule has 2 aliphatic heterocycles. The molecule has 6 nitrogen and oxygen atoms in total. The maximum atomic E-state index is 10.3. The van der Waals surface area contributed by atoms with Crippen molar-refractivity contribution in [1.29, 1.82) is 0 Å². The smallest absolute Gasteiger partial charge is 0.409 e. The fraction of sp³-hybridized carbons (Fsp3) is 0.333. The van der Waals surface area contributed by atoms with Gasteiger partial charge in [-0.1, -0.05) is 35.8 Å². The Labute approximate surface area is 142 Å².